The van der Waals surface area contributed by atoms with Gasteiger partial charge in [-0.25, -0.2) is 19.9 Å². The van der Waals surface area contributed by atoms with Gasteiger partial charge in [-0.15, -0.1) is 0 Å². The molecule has 0 saturated carbocycles. The Morgan fingerprint density at radius 1 is 0.427 bits per heavy atom. The zero-order valence-electron chi connectivity index (χ0n) is 40.7. The Balaban J connectivity index is 0.996. The summed E-state index contributed by atoms with van der Waals surface area (Å²) in [5.41, 5.74) is 11.1. The predicted molar refractivity (Wildman–Crippen MR) is 307 cm³/mol. The number of pyridine rings is 8. The van der Waals surface area contributed by atoms with E-state index in [1.54, 1.807) is 0 Å². The summed E-state index contributed by atoms with van der Waals surface area (Å²) >= 11 is 14.1. The molecule has 0 bridgehead atoms. The maximum Gasteiger partial charge on any atom is 0.254 e. The van der Waals surface area contributed by atoms with Gasteiger partial charge in [-0.3, -0.25) is 39.4 Å². The number of aromatic nitrogens is 8. The fourth-order valence-corrected chi connectivity index (χ4v) is 10.5. The lowest BCUT2D eigenvalue weighted by molar-refractivity contribution is 0.0599. The van der Waals surface area contributed by atoms with E-state index < -0.39 is 0 Å². The highest BCUT2D eigenvalue weighted by molar-refractivity contribution is 9.11. The first-order valence-corrected chi connectivity index (χ1v) is 27.7. The fraction of sp³-hybridized carbons (Fsp3) is 0.190. The smallest absolute Gasteiger partial charge is 0.254 e. The molecule has 8 aromatic heterocycles. The van der Waals surface area contributed by atoms with Crippen molar-refractivity contribution in [2.75, 3.05) is 39.3 Å². The van der Waals surface area contributed by atoms with Gasteiger partial charge in [-0.05, 0) is 171 Å². The van der Waals surface area contributed by atoms with Crippen molar-refractivity contribution in [3.63, 3.8) is 0 Å². The van der Waals surface area contributed by atoms with E-state index in [0.717, 1.165) is 112 Å². The molecule has 1 atom stereocenters. The normalized spacial score (nSPS) is 14.7. The third kappa shape index (κ3) is 14.1. The van der Waals surface area contributed by atoms with Gasteiger partial charge in [0.05, 0.1) is 45.6 Å². The van der Waals surface area contributed by atoms with Crippen molar-refractivity contribution >= 4 is 69.6 Å². The Bertz CT molecular complexity index is 3340. The molecular weight excluding hydrogens is 1200 g/mol. The second-order valence-corrected chi connectivity index (χ2v) is 21.5. The molecule has 0 aliphatic carbocycles. The summed E-state index contributed by atoms with van der Waals surface area (Å²) in [7, 11) is 0. The highest BCUT2D eigenvalue weighted by Gasteiger charge is 2.30. The minimum absolute atomic E-state index is 0.0520. The third-order valence-electron chi connectivity index (χ3n) is 12.9. The molecule has 1 aliphatic heterocycles. The van der Waals surface area contributed by atoms with Crippen LogP contribution in [0, 0.1) is 0 Å². The van der Waals surface area contributed by atoms with Crippen LogP contribution in [0.25, 0.3) is 45.6 Å². The van der Waals surface area contributed by atoms with E-state index in [1.165, 1.54) is 0 Å². The SMILES string of the molecule is O=C(c1ccccc1)N(Cc1ccc(-c2cccc(Br)n2)nc1)CC1CN(Cc2ccc(-c3cccc(Br)n3)nc2)CCN(Cc2ccc(-c3cccc(Br)n3)nc2)CCN1Cc1ccc(-c2cccc(Br)n2)nc1. The molecule has 10 rings (SSSR count). The minimum atomic E-state index is -0.126. The molecule has 0 N–H and O–H groups in total. The highest BCUT2D eigenvalue weighted by atomic mass is 79.9. The molecule has 17 heteroatoms. The Hall–Kier alpha value is -6.31. The van der Waals surface area contributed by atoms with Crippen molar-refractivity contribution < 1.29 is 4.79 Å². The van der Waals surface area contributed by atoms with Crippen LogP contribution in [0.2, 0.25) is 0 Å². The van der Waals surface area contributed by atoms with Crippen LogP contribution in [0.15, 0.2) is 195 Å². The van der Waals surface area contributed by atoms with E-state index in [0.29, 0.717) is 44.8 Å². The van der Waals surface area contributed by atoms with Gasteiger partial charge < -0.3 is 4.90 Å². The third-order valence-corrected chi connectivity index (χ3v) is 14.7. The van der Waals surface area contributed by atoms with Crippen LogP contribution in [0.1, 0.15) is 32.6 Å². The summed E-state index contributed by atoms with van der Waals surface area (Å²) in [4.78, 5) is 62.6. The summed E-state index contributed by atoms with van der Waals surface area (Å²) in [6.45, 7) is 6.46. The number of rotatable bonds is 15. The number of halogens is 4. The quantitative estimate of drug-likeness (QED) is 0.0905. The van der Waals surface area contributed by atoms with Crippen molar-refractivity contribution in [3.05, 3.63) is 223 Å². The number of hydrogen-bond donors (Lipinski definition) is 0. The second kappa shape index (κ2) is 25.0. The van der Waals surface area contributed by atoms with Gasteiger partial charge in [0.15, 0.2) is 0 Å². The number of nitrogens with zero attached hydrogens (tertiary/aromatic N) is 12. The van der Waals surface area contributed by atoms with Gasteiger partial charge in [0.2, 0.25) is 0 Å². The average molecular weight is 1250 g/mol. The van der Waals surface area contributed by atoms with Crippen molar-refractivity contribution in [1.82, 2.24) is 59.5 Å². The monoisotopic (exact) mass is 1250 g/mol. The van der Waals surface area contributed by atoms with Crippen LogP contribution < -0.4 is 0 Å². The summed E-state index contributed by atoms with van der Waals surface area (Å²) in [6.07, 6.45) is 7.74. The minimum Gasteiger partial charge on any atom is -0.333 e. The number of carbonyl (C=O) groups excluding carboxylic acids is 1. The predicted octanol–water partition coefficient (Wildman–Crippen LogP) is 12.1. The Morgan fingerprint density at radius 2 is 0.827 bits per heavy atom. The lowest BCUT2D eigenvalue weighted by Crippen LogP contribution is -2.51. The lowest BCUT2D eigenvalue weighted by atomic mass is 10.1. The molecule has 1 unspecified atom stereocenters. The zero-order chi connectivity index (χ0) is 51.5. The largest absolute Gasteiger partial charge is 0.333 e. The molecule has 1 amide bonds. The molecule has 13 nitrogen and oxygen atoms in total. The van der Waals surface area contributed by atoms with Gasteiger partial charge in [0.1, 0.15) is 18.4 Å². The maximum absolute atomic E-state index is 15.0. The lowest BCUT2D eigenvalue weighted by Gasteiger charge is -2.38. The second-order valence-electron chi connectivity index (χ2n) is 18.3. The number of benzene rings is 1. The van der Waals surface area contributed by atoms with Crippen molar-refractivity contribution in [2.45, 2.75) is 32.2 Å². The van der Waals surface area contributed by atoms with E-state index >= 15 is 0 Å². The van der Waals surface area contributed by atoms with Gasteiger partial charge in [-0.2, -0.15) is 0 Å². The molecule has 1 aliphatic rings. The molecule has 1 fully saturated rings. The highest BCUT2D eigenvalue weighted by Crippen LogP contribution is 2.25. The van der Waals surface area contributed by atoms with E-state index in [1.807, 2.05) is 157 Å². The van der Waals surface area contributed by atoms with E-state index in [9.17, 15) is 4.79 Å². The van der Waals surface area contributed by atoms with Crippen LogP contribution in [-0.4, -0.2) is 111 Å². The first-order chi connectivity index (χ1) is 36.6. The fourth-order valence-electron chi connectivity index (χ4n) is 9.13. The van der Waals surface area contributed by atoms with Crippen LogP contribution in [0.4, 0.5) is 0 Å². The molecular formula is C58H50Br4N12O. The molecule has 0 radical (unpaired) electrons. The van der Waals surface area contributed by atoms with E-state index in [2.05, 4.69) is 123 Å². The Morgan fingerprint density at radius 3 is 1.25 bits per heavy atom. The van der Waals surface area contributed by atoms with Gasteiger partial charge in [0, 0.05) is 102 Å². The summed E-state index contributed by atoms with van der Waals surface area (Å²) < 4.78 is 3.02. The molecule has 376 valence electrons. The van der Waals surface area contributed by atoms with Gasteiger partial charge in [-0.1, -0.05) is 66.7 Å². The Kier molecular flexibility index (Phi) is 17.4. The van der Waals surface area contributed by atoms with Crippen LogP contribution in [0.3, 0.4) is 0 Å². The average Bonchev–Trinajstić information content (AvgIpc) is 3.50. The van der Waals surface area contributed by atoms with Gasteiger partial charge >= 0.3 is 0 Å². The molecule has 75 heavy (non-hydrogen) atoms. The van der Waals surface area contributed by atoms with Crippen LogP contribution in [-0.2, 0) is 26.2 Å². The summed E-state index contributed by atoms with van der Waals surface area (Å²) in [5.74, 6) is -0.0520. The maximum atomic E-state index is 15.0. The standard InChI is InChI=1S/C58H50Br4N12O/c59-54-14-4-10-50(67-54)46-22-18-40(30-63-46)34-71-26-27-72(35-41-19-23-47(64-31-41)51-11-5-15-55(60)68-51)38-45(73(29-28-71)36-42-20-24-48(65-32-42)52-12-6-16-56(61)69-52)39-74(58(75)44-8-2-1-3-9-44)37-43-21-25-49(66-33-43)53-13-7-17-57(62)70-53/h1-25,30-33,45H,26-29,34-39H2. The molecule has 0 spiro atoms. The van der Waals surface area contributed by atoms with E-state index in [-0.39, 0.29) is 11.9 Å². The summed E-state index contributed by atoms with van der Waals surface area (Å²) in [5, 5.41) is 0. The molecule has 1 aromatic carbocycles. The molecule has 9 heterocycles. The van der Waals surface area contributed by atoms with Crippen molar-refractivity contribution in [1.29, 1.82) is 0 Å². The molecule has 1 saturated heterocycles. The van der Waals surface area contributed by atoms with E-state index in [4.69, 9.17) is 19.9 Å². The summed E-state index contributed by atoms with van der Waals surface area (Å²) in [6, 6.07) is 49.4. The van der Waals surface area contributed by atoms with Crippen molar-refractivity contribution in [2.24, 2.45) is 0 Å². The van der Waals surface area contributed by atoms with Crippen LogP contribution >= 0.6 is 63.7 Å². The molecule has 9 aromatic rings. The Labute approximate surface area is 470 Å². The first kappa shape index (κ1) is 52.1. The van der Waals surface area contributed by atoms with Crippen LogP contribution in [0.5, 0.6) is 0 Å². The number of amides is 1. The number of carbonyl (C=O) groups is 1. The van der Waals surface area contributed by atoms with Gasteiger partial charge in [0.25, 0.3) is 5.91 Å². The topological polar surface area (TPSA) is 133 Å². The number of hydrogen-bond acceptors (Lipinski definition) is 12. The van der Waals surface area contributed by atoms with Crippen molar-refractivity contribution in [3.8, 4) is 45.6 Å². The first-order valence-electron chi connectivity index (χ1n) is 24.5. The zero-order valence-corrected chi connectivity index (χ0v) is 47.0.